The summed E-state index contributed by atoms with van der Waals surface area (Å²) in [5, 5.41) is 0.163. The van der Waals surface area contributed by atoms with E-state index in [9.17, 15) is 18.4 Å². The second-order valence-corrected chi connectivity index (χ2v) is 3.44. The Balaban J connectivity index is 3.42. The predicted molar refractivity (Wildman–Crippen MR) is 56.0 cm³/mol. The van der Waals surface area contributed by atoms with Gasteiger partial charge in [0.15, 0.2) is 0 Å². The Morgan fingerprint density at radius 1 is 1.62 bits per heavy atom. The minimum atomic E-state index is -2.94. The van der Waals surface area contributed by atoms with Gasteiger partial charge in [-0.1, -0.05) is 15.9 Å². The maximum Gasteiger partial charge on any atom is 0.339 e. The van der Waals surface area contributed by atoms with Crippen LogP contribution in [0.5, 0.6) is 0 Å². The number of aromatic amines is 1. The Kier molecular flexibility index (Phi) is 4.17. The van der Waals surface area contributed by atoms with Crippen LogP contribution in [0.15, 0.2) is 10.9 Å². The van der Waals surface area contributed by atoms with E-state index in [1.54, 1.807) is 0 Å². The largest absolute Gasteiger partial charge is 0.465 e. The molecule has 0 radical (unpaired) electrons. The van der Waals surface area contributed by atoms with E-state index < -0.39 is 23.6 Å². The van der Waals surface area contributed by atoms with Crippen molar-refractivity contribution in [3.8, 4) is 0 Å². The number of H-pyrrole nitrogens is 1. The number of alkyl halides is 3. The molecule has 0 aliphatic rings. The third kappa shape index (κ3) is 2.46. The number of esters is 1. The molecule has 0 aliphatic carbocycles. The van der Waals surface area contributed by atoms with Gasteiger partial charge in [0.05, 0.1) is 18.4 Å². The first-order valence-electron chi connectivity index (χ1n) is 4.19. The van der Waals surface area contributed by atoms with E-state index in [0.717, 1.165) is 13.2 Å². The van der Waals surface area contributed by atoms with Crippen molar-refractivity contribution in [1.29, 1.82) is 0 Å². The number of carbonyl (C=O) groups is 1. The molecule has 1 N–H and O–H groups in total. The van der Waals surface area contributed by atoms with Gasteiger partial charge in [0.1, 0.15) is 0 Å². The lowest BCUT2D eigenvalue weighted by atomic mass is 10.1. The van der Waals surface area contributed by atoms with Crippen molar-refractivity contribution in [2.75, 3.05) is 7.11 Å². The lowest BCUT2D eigenvalue weighted by Crippen LogP contribution is -2.19. The summed E-state index contributed by atoms with van der Waals surface area (Å²) in [5.41, 5.74) is -1.52. The number of pyridine rings is 1. The molecule has 1 heterocycles. The van der Waals surface area contributed by atoms with E-state index in [-0.39, 0.29) is 16.5 Å². The van der Waals surface area contributed by atoms with Crippen molar-refractivity contribution in [3.63, 3.8) is 0 Å². The lowest BCUT2D eigenvalue weighted by molar-refractivity contribution is 0.0587. The molecule has 0 amide bonds. The molecule has 0 spiro atoms. The second-order valence-electron chi connectivity index (χ2n) is 2.88. The van der Waals surface area contributed by atoms with Crippen LogP contribution in [0.4, 0.5) is 8.78 Å². The molecule has 0 aromatic carbocycles. The minimum Gasteiger partial charge on any atom is -0.465 e. The molecule has 1 aromatic heterocycles. The van der Waals surface area contributed by atoms with Crippen LogP contribution in [0.2, 0.25) is 0 Å². The quantitative estimate of drug-likeness (QED) is 0.685. The fourth-order valence-electron chi connectivity index (χ4n) is 1.14. The van der Waals surface area contributed by atoms with Crippen LogP contribution in [0.25, 0.3) is 0 Å². The standard InChI is InChI=1S/C9H8BrF2NO3/c1-16-9(15)5-2-4(3-10)8(14)13-6(5)7(11)12/h2,7H,3H2,1H3,(H,13,14). The van der Waals surface area contributed by atoms with E-state index in [4.69, 9.17) is 0 Å². The highest BCUT2D eigenvalue weighted by molar-refractivity contribution is 9.08. The molecule has 0 saturated carbocycles. The SMILES string of the molecule is COC(=O)c1cc(CBr)c(=O)[nH]c1C(F)F. The molecule has 4 nitrogen and oxygen atoms in total. The average Bonchev–Trinajstić information content (AvgIpc) is 2.27. The number of aromatic nitrogens is 1. The first-order valence-corrected chi connectivity index (χ1v) is 5.32. The van der Waals surface area contributed by atoms with Crippen LogP contribution >= 0.6 is 15.9 Å². The average molecular weight is 296 g/mol. The molecule has 1 rings (SSSR count). The highest BCUT2D eigenvalue weighted by atomic mass is 79.9. The molecular formula is C9H8BrF2NO3. The first-order chi connectivity index (χ1) is 7.51. The predicted octanol–water partition coefficient (Wildman–Crippen LogP) is 1.99. The van der Waals surface area contributed by atoms with E-state index in [1.807, 2.05) is 4.98 Å². The lowest BCUT2D eigenvalue weighted by Gasteiger charge is -2.07. The number of nitrogens with one attached hydrogen (secondary N) is 1. The number of ether oxygens (including phenoxy) is 1. The first kappa shape index (κ1) is 12.8. The van der Waals surface area contributed by atoms with Crippen LogP contribution in [-0.2, 0) is 10.1 Å². The topological polar surface area (TPSA) is 59.2 Å². The summed E-state index contributed by atoms with van der Waals surface area (Å²) in [6, 6.07) is 1.10. The van der Waals surface area contributed by atoms with Gasteiger partial charge < -0.3 is 9.72 Å². The van der Waals surface area contributed by atoms with Gasteiger partial charge in [-0.15, -0.1) is 0 Å². The minimum absolute atomic E-state index is 0.163. The van der Waals surface area contributed by atoms with Crippen molar-refractivity contribution in [2.24, 2.45) is 0 Å². The van der Waals surface area contributed by atoms with Gasteiger partial charge in [-0.2, -0.15) is 0 Å². The molecule has 0 fully saturated rings. The number of carbonyl (C=O) groups excluding carboxylic acids is 1. The summed E-state index contributed by atoms with van der Waals surface area (Å²) in [6.07, 6.45) is -2.94. The third-order valence-corrected chi connectivity index (χ3v) is 2.52. The maximum atomic E-state index is 12.6. The maximum absolute atomic E-state index is 12.6. The number of halogens is 3. The highest BCUT2D eigenvalue weighted by Gasteiger charge is 2.21. The molecule has 1 aromatic rings. The van der Waals surface area contributed by atoms with Crippen molar-refractivity contribution in [2.45, 2.75) is 11.8 Å². The molecular weight excluding hydrogens is 288 g/mol. The summed E-state index contributed by atoms with van der Waals surface area (Å²) >= 11 is 3.02. The molecule has 16 heavy (non-hydrogen) atoms. The number of methoxy groups -OCH3 is 1. The van der Waals surface area contributed by atoms with Gasteiger partial charge in [0.2, 0.25) is 0 Å². The molecule has 0 aliphatic heterocycles. The molecule has 0 unspecified atom stereocenters. The summed E-state index contributed by atoms with van der Waals surface area (Å²) in [7, 11) is 1.08. The Hall–Kier alpha value is -1.24. The van der Waals surface area contributed by atoms with Crippen LogP contribution in [-0.4, -0.2) is 18.1 Å². The van der Waals surface area contributed by atoms with Crippen molar-refractivity contribution >= 4 is 21.9 Å². The van der Waals surface area contributed by atoms with Crippen LogP contribution < -0.4 is 5.56 Å². The van der Waals surface area contributed by atoms with Gasteiger partial charge in [-0.3, -0.25) is 4.79 Å². The third-order valence-electron chi connectivity index (χ3n) is 1.92. The number of hydrogen-bond donors (Lipinski definition) is 1. The molecule has 0 bridgehead atoms. The monoisotopic (exact) mass is 295 g/mol. The van der Waals surface area contributed by atoms with Gasteiger partial charge in [-0.25, -0.2) is 13.6 Å². The van der Waals surface area contributed by atoms with Gasteiger partial charge in [0.25, 0.3) is 12.0 Å². The zero-order valence-electron chi connectivity index (χ0n) is 8.22. The van der Waals surface area contributed by atoms with Crippen LogP contribution in [0, 0.1) is 0 Å². The van der Waals surface area contributed by atoms with Crippen molar-refractivity contribution in [3.05, 3.63) is 33.2 Å². The molecule has 0 atom stereocenters. The molecule has 88 valence electrons. The summed E-state index contributed by atoms with van der Waals surface area (Å²) in [6.45, 7) is 0. The summed E-state index contributed by atoms with van der Waals surface area (Å²) in [4.78, 5) is 24.5. The van der Waals surface area contributed by atoms with Gasteiger partial charge in [-0.05, 0) is 6.07 Å². The zero-order chi connectivity index (χ0) is 12.3. The summed E-state index contributed by atoms with van der Waals surface area (Å²) < 4.78 is 29.5. The molecule has 7 heteroatoms. The Morgan fingerprint density at radius 3 is 2.69 bits per heavy atom. The fourth-order valence-corrected chi connectivity index (χ4v) is 1.55. The Labute approximate surface area is 97.7 Å². The van der Waals surface area contributed by atoms with E-state index in [2.05, 4.69) is 20.7 Å². The van der Waals surface area contributed by atoms with E-state index in [1.165, 1.54) is 0 Å². The van der Waals surface area contributed by atoms with Gasteiger partial charge >= 0.3 is 5.97 Å². The normalized spacial score (nSPS) is 10.6. The fraction of sp³-hybridized carbons (Fsp3) is 0.333. The second kappa shape index (κ2) is 5.20. The van der Waals surface area contributed by atoms with Gasteiger partial charge in [0, 0.05) is 10.9 Å². The Morgan fingerprint density at radius 2 is 2.25 bits per heavy atom. The molecule has 0 saturated heterocycles. The van der Waals surface area contributed by atoms with Crippen molar-refractivity contribution in [1.82, 2.24) is 4.98 Å². The smallest absolute Gasteiger partial charge is 0.339 e. The summed E-state index contributed by atoms with van der Waals surface area (Å²) in [5.74, 6) is -0.909. The van der Waals surface area contributed by atoms with E-state index in [0.29, 0.717) is 0 Å². The van der Waals surface area contributed by atoms with Crippen molar-refractivity contribution < 1.29 is 18.3 Å². The van der Waals surface area contributed by atoms with Crippen LogP contribution in [0.1, 0.15) is 28.0 Å². The van der Waals surface area contributed by atoms with Crippen LogP contribution in [0.3, 0.4) is 0 Å². The number of rotatable bonds is 3. The Bertz CT molecular complexity index is 459. The van der Waals surface area contributed by atoms with E-state index >= 15 is 0 Å². The number of hydrogen-bond acceptors (Lipinski definition) is 3. The zero-order valence-corrected chi connectivity index (χ0v) is 9.81. The highest BCUT2D eigenvalue weighted by Crippen LogP contribution is 2.21.